The van der Waals surface area contributed by atoms with Crippen LogP contribution in [-0.2, 0) is 0 Å². The first-order valence-electron chi connectivity index (χ1n) is 9.45. The largest absolute Gasteiger partial charge is 0.422 e. The Morgan fingerprint density at radius 1 is 0.862 bits per heavy atom. The van der Waals surface area contributed by atoms with Crippen molar-refractivity contribution in [2.45, 2.75) is 20.8 Å². The fourth-order valence-corrected chi connectivity index (χ4v) is 3.63. The molecule has 0 unspecified atom stereocenters. The SMILES string of the molecule is Cc1cc(C)c(NC(=O)c2ccc(-c3cc4ccccc4oc3=O)cc2)c(C)c1. The zero-order chi connectivity index (χ0) is 20.5. The van der Waals surface area contributed by atoms with E-state index in [1.165, 1.54) is 0 Å². The van der Waals surface area contributed by atoms with E-state index in [-0.39, 0.29) is 5.91 Å². The minimum atomic E-state index is -0.396. The second-order valence-corrected chi connectivity index (χ2v) is 7.29. The number of para-hydroxylation sites is 1. The molecule has 29 heavy (non-hydrogen) atoms. The number of benzene rings is 3. The predicted molar refractivity (Wildman–Crippen MR) is 117 cm³/mol. The Kier molecular flexibility index (Phi) is 4.77. The highest BCUT2D eigenvalue weighted by molar-refractivity contribution is 6.05. The molecule has 0 bridgehead atoms. The molecule has 1 N–H and O–H groups in total. The Labute approximate surface area is 168 Å². The van der Waals surface area contributed by atoms with Gasteiger partial charge in [-0.15, -0.1) is 0 Å². The van der Waals surface area contributed by atoms with Gasteiger partial charge in [-0.3, -0.25) is 4.79 Å². The molecule has 3 aromatic carbocycles. The van der Waals surface area contributed by atoms with E-state index >= 15 is 0 Å². The lowest BCUT2D eigenvalue weighted by Crippen LogP contribution is -2.14. The van der Waals surface area contributed by atoms with Crippen molar-refractivity contribution in [1.82, 2.24) is 0 Å². The molecule has 4 rings (SSSR count). The lowest BCUT2D eigenvalue weighted by atomic mass is 10.0. The molecular weight excluding hydrogens is 362 g/mol. The summed E-state index contributed by atoms with van der Waals surface area (Å²) >= 11 is 0. The van der Waals surface area contributed by atoms with Gasteiger partial charge >= 0.3 is 5.63 Å². The van der Waals surface area contributed by atoms with E-state index in [1.54, 1.807) is 30.3 Å². The molecule has 144 valence electrons. The molecule has 1 aromatic heterocycles. The second-order valence-electron chi connectivity index (χ2n) is 7.29. The molecule has 0 aliphatic rings. The monoisotopic (exact) mass is 383 g/mol. The average Bonchev–Trinajstić information content (AvgIpc) is 2.70. The standard InChI is InChI=1S/C25H21NO3/c1-15-12-16(2)23(17(3)13-15)26-24(27)19-10-8-18(9-11-19)21-14-20-6-4-5-7-22(20)29-25(21)28/h4-14H,1-3H3,(H,26,27). The van der Waals surface area contributed by atoms with E-state index in [9.17, 15) is 9.59 Å². The van der Waals surface area contributed by atoms with E-state index in [2.05, 4.69) is 5.32 Å². The molecule has 1 amide bonds. The number of hydrogen-bond donors (Lipinski definition) is 1. The van der Waals surface area contributed by atoms with Crippen molar-refractivity contribution in [2.75, 3.05) is 5.32 Å². The Hall–Kier alpha value is -3.66. The summed E-state index contributed by atoms with van der Waals surface area (Å²) in [6, 6.07) is 20.3. The van der Waals surface area contributed by atoms with Crippen molar-refractivity contribution in [3.8, 4) is 11.1 Å². The average molecular weight is 383 g/mol. The van der Waals surface area contributed by atoms with Crippen LogP contribution in [0.2, 0.25) is 0 Å². The molecule has 0 fully saturated rings. The van der Waals surface area contributed by atoms with Gasteiger partial charge in [0.1, 0.15) is 5.58 Å². The summed E-state index contributed by atoms with van der Waals surface area (Å²) in [6.45, 7) is 6.00. The number of carbonyl (C=O) groups is 1. The summed E-state index contributed by atoms with van der Waals surface area (Å²) in [7, 11) is 0. The number of carbonyl (C=O) groups excluding carboxylic acids is 1. The molecule has 4 heteroatoms. The molecule has 4 aromatic rings. The van der Waals surface area contributed by atoms with Gasteiger partial charge in [-0.05, 0) is 61.7 Å². The molecule has 0 spiro atoms. The number of fused-ring (bicyclic) bond motifs is 1. The lowest BCUT2D eigenvalue weighted by Gasteiger charge is -2.13. The lowest BCUT2D eigenvalue weighted by molar-refractivity contribution is 0.102. The van der Waals surface area contributed by atoms with Crippen molar-refractivity contribution in [2.24, 2.45) is 0 Å². The van der Waals surface area contributed by atoms with Crippen molar-refractivity contribution in [3.63, 3.8) is 0 Å². The number of anilines is 1. The molecule has 0 aliphatic carbocycles. The highest BCUT2D eigenvalue weighted by Gasteiger charge is 2.12. The van der Waals surface area contributed by atoms with Crippen LogP contribution in [0.4, 0.5) is 5.69 Å². The maximum Gasteiger partial charge on any atom is 0.344 e. The molecule has 4 nitrogen and oxygen atoms in total. The highest BCUT2D eigenvalue weighted by atomic mass is 16.4. The van der Waals surface area contributed by atoms with Crippen molar-refractivity contribution >= 4 is 22.6 Å². The minimum absolute atomic E-state index is 0.183. The van der Waals surface area contributed by atoms with Gasteiger partial charge in [-0.2, -0.15) is 0 Å². The summed E-state index contributed by atoms with van der Waals surface area (Å²) in [6.07, 6.45) is 0. The van der Waals surface area contributed by atoms with E-state index in [1.807, 2.05) is 57.2 Å². The zero-order valence-corrected chi connectivity index (χ0v) is 16.6. The van der Waals surface area contributed by atoms with Gasteiger partial charge < -0.3 is 9.73 Å². The van der Waals surface area contributed by atoms with Gasteiger partial charge in [0.15, 0.2) is 0 Å². The number of nitrogens with one attached hydrogen (secondary N) is 1. The summed E-state index contributed by atoms with van der Waals surface area (Å²) in [5.41, 5.74) is 5.93. The number of aryl methyl sites for hydroxylation is 3. The van der Waals surface area contributed by atoms with Crippen LogP contribution in [0.25, 0.3) is 22.1 Å². The molecular formula is C25H21NO3. The zero-order valence-electron chi connectivity index (χ0n) is 16.6. The fraction of sp³-hybridized carbons (Fsp3) is 0.120. The number of hydrogen-bond acceptors (Lipinski definition) is 3. The van der Waals surface area contributed by atoms with Crippen molar-refractivity contribution in [1.29, 1.82) is 0 Å². The van der Waals surface area contributed by atoms with Gasteiger partial charge in [-0.25, -0.2) is 4.79 Å². The number of rotatable bonds is 3. The van der Waals surface area contributed by atoms with E-state index in [0.29, 0.717) is 22.3 Å². The van der Waals surface area contributed by atoms with Gasteiger partial charge in [-0.1, -0.05) is 48.0 Å². The maximum absolute atomic E-state index is 12.7. The van der Waals surface area contributed by atoms with Crippen LogP contribution in [0.3, 0.4) is 0 Å². The van der Waals surface area contributed by atoms with Gasteiger partial charge in [0.2, 0.25) is 0 Å². The van der Waals surface area contributed by atoms with Crippen LogP contribution in [-0.4, -0.2) is 5.91 Å². The van der Waals surface area contributed by atoms with Crippen molar-refractivity contribution < 1.29 is 9.21 Å². The maximum atomic E-state index is 12.7. The third-order valence-corrected chi connectivity index (χ3v) is 5.02. The van der Waals surface area contributed by atoms with Crippen LogP contribution < -0.4 is 10.9 Å². The molecule has 0 radical (unpaired) electrons. The smallest absolute Gasteiger partial charge is 0.344 e. The Balaban J connectivity index is 1.62. The first-order valence-corrected chi connectivity index (χ1v) is 9.45. The third-order valence-electron chi connectivity index (χ3n) is 5.02. The van der Waals surface area contributed by atoms with Crippen LogP contribution in [0.1, 0.15) is 27.0 Å². The summed E-state index contributed by atoms with van der Waals surface area (Å²) in [5.74, 6) is -0.183. The predicted octanol–water partition coefficient (Wildman–Crippen LogP) is 5.64. The van der Waals surface area contributed by atoms with E-state index < -0.39 is 5.63 Å². The minimum Gasteiger partial charge on any atom is -0.422 e. The normalized spacial score (nSPS) is 10.9. The van der Waals surface area contributed by atoms with Crippen LogP contribution in [0.15, 0.2) is 75.9 Å². The molecule has 0 saturated heterocycles. The van der Waals surface area contributed by atoms with E-state index in [4.69, 9.17) is 4.42 Å². The summed E-state index contributed by atoms with van der Waals surface area (Å²) < 4.78 is 5.41. The Morgan fingerprint density at radius 2 is 1.52 bits per heavy atom. The Bertz CT molecular complexity index is 1260. The topological polar surface area (TPSA) is 59.3 Å². The van der Waals surface area contributed by atoms with Gasteiger partial charge in [0, 0.05) is 16.6 Å². The van der Waals surface area contributed by atoms with Crippen LogP contribution >= 0.6 is 0 Å². The first-order chi connectivity index (χ1) is 13.9. The second kappa shape index (κ2) is 7.40. The van der Waals surface area contributed by atoms with Crippen molar-refractivity contribution in [3.05, 3.63) is 99.4 Å². The first kappa shape index (κ1) is 18.7. The van der Waals surface area contributed by atoms with Gasteiger partial charge in [0.25, 0.3) is 5.91 Å². The third kappa shape index (κ3) is 3.69. The summed E-state index contributed by atoms with van der Waals surface area (Å²) in [5, 5.41) is 3.85. The highest BCUT2D eigenvalue weighted by Crippen LogP contribution is 2.24. The quantitative estimate of drug-likeness (QED) is 0.466. The molecule has 1 heterocycles. The fourth-order valence-electron chi connectivity index (χ4n) is 3.63. The molecule has 0 aliphatic heterocycles. The van der Waals surface area contributed by atoms with Gasteiger partial charge in [0.05, 0.1) is 5.56 Å². The molecule has 0 atom stereocenters. The Morgan fingerprint density at radius 3 is 2.21 bits per heavy atom. The molecule has 0 saturated carbocycles. The van der Waals surface area contributed by atoms with Crippen LogP contribution in [0, 0.1) is 20.8 Å². The van der Waals surface area contributed by atoms with Crippen LogP contribution in [0.5, 0.6) is 0 Å². The number of amides is 1. The van der Waals surface area contributed by atoms with E-state index in [0.717, 1.165) is 27.8 Å². The summed E-state index contributed by atoms with van der Waals surface area (Å²) in [4.78, 5) is 25.1.